The largest absolute Gasteiger partial charge is 0.496 e. The summed E-state index contributed by atoms with van der Waals surface area (Å²) in [6, 6.07) is 12.3. The molecule has 0 radical (unpaired) electrons. The van der Waals surface area contributed by atoms with E-state index in [1.165, 1.54) is 7.11 Å². The topological polar surface area (TPSA) is 137 Å². The summed E-state index contributed by atoms with van der Waals surface area (Å²) in [5.74, 6) is -3.97. The number of benzene rings is 2. The number of nitrogen functional groups attached to an aromatic ring is 1. The molecule has 1 atom stereocenters. The van der Waals surface area contributed by atoms with Crippen LogP contribution in [0.25, 0.3) is 11.3 Å². The zero-order valence-corrected chi connectivity index (χ0v) is 18.3. The fraction of sp³-hybridized carbons (Fsp3) is 0.261. The quantitative estimate of drug-likeness (QED) is 0.417. The third-order valence-electron chi connectivity index (χ3n) is 5.71. The van der Waals surface area contributed by atoms with Gasteiger partial charge in [-0.2, -0.15) is 5.10 Å². The van der Waals surface area contributed by atoms with Crippen LogP contribution in [0.2, 0.25) is 0 Å². The molecule has 1 saturated heterocycles. The Bertz CT molecular complexity index is 1230. The number of ether oxygens (including phenoxy) is 1. The Balaban J connectivity index is 1.55. The van der Waals surface area contributed by atoms with E-state index in [0.29, 0.717) is 16.9 Å². The van der Waals surface area contributed by atoms with Gasteiger partial charge in [0.2, 0.25) is 0 Å². The molecule has 0 spiro atoms. The minimum absolute atomic E-state index is 0.0403. The van der Waals surface area contributed by atoms with Crippen molar-refractivity contribution in [2.75, 3.05) is 25.9 Å². The maximum absolute atomic E-state index is 14.3. The molecule has 3 aromatic rings. The van der Waals surface area contributed by atoms with E-state index >= 15 is 0 Å². The average Bonchev–Trinajstić information content (AvgIpc) is 3.35. The highest BCUT2D eigenvalue weighted by atomic mass is 19.3. The highest BCUT2D eigenvalue weighted by molar-refractivity contribution is 6.03. The van der Waals surface area contributed by atoms with Crippen LogP contribution in [-0.4, -0.2) is 47.7 Å². The molecule has 1 aliphatic heterocycles. The molecule has 0 aliphatic carbocycles. The Labute approximate surface area is 194 Å². The third-order valence-corrected chi connectivity index (χ3v) is 5.71. The number of nitrogens with two attached hydrogens (primary N) is 2. The second-order valence-electron chi connectivity index (χ2n) is 7.91. The molecule has 1 aromatic heterocycles. The van der Waals surface area contributed by atoms with Crippen LogP contribution >= 0.6 is 0 Å². The van der Waals surface area contributed by atoms with Crippen molar-refractivity contribution in [1.82, 2.24) is 20.4 Å². The van der Waals surface area contributed by atoms with E-state index in [-0.39, 0.29) is 36.1 Å². The number of hydrogen-bond acceptors (Lipinski definition) is 6. The van der Waals surface area contributed by atoms with Gasteiger partial charge in [0.25, 0.3) is 17.7 Å². The highest BCUT2D eigenvalue weighted by Crippen LogP contribution is 2.37. The number of hydrogen-bond donors (Lipinski definition) is 4. The monoisotopic (exact) mass is 470 g/mol. The molecule has 34 heavy (non-hydrogen) atoms. The van der Waals surface area contributed by atoms with Gasteiger partial charge in [-0.3, -0.25) is 9.59 Å². The molecule has 0 saturated carbocycles. The van der Waals surface area contributed by atoms with Crippen LogP contribution in [0.4, 0.5) is 14.6 Å². The number of nitrogens with one attached hydrogen (secondary N) is 2. The van der Waals surface area contributed by atoms with Crippen molar-refractivity contribution in [3.05, 3.63) is 65.2 Å². The van der Waals surface area contributed by atoms with Crippen LogP contribution in [0.1, 0.15) is 32.3 Å². The summed E-state index contributed by atoms with van der Waals surface area (Å²) >= 11 is 0. The van der Waals surface area contributed by atoms with E-state index in [4.69, 9.17) is 16.2 Å². The molecule has 0 unspecified atom stereocenters. The smallest absolute Gasteiger partial charge is 0.283 e. The van der Waals surface area contributed by atoms with Gasteiger partial charge >= 0.3 is 0 Å². The van der Waals surface area contributed by atoms with Gasteiger partial charge in [0.1, 0.15) is 28.9 Å². The molecule has 0 bridgehead atoms. The van der Waals surface area contributed by atoms with Crippen LogP contribution < -0.4 is 26.8 Å². The summed E-state index contributed by atoms with van der Waals surface area (Å²) in [6.07, 6.45) is 0. The summed E-state index contributed by atoms with van der Waals surface area (Å²) in [5, 5.41) is 9.65. The van der Waals surface area contributed by atoms with Crippen LogP contribution in [0.3, 0.4) is 0 Å². The van der Waals surface area contributed by atoms with Crippen molar-refractivity contribution in [2.24, 2.45) is 5.73 Å². The van der Waals surface area contributed by atoms with E-state index in [9.17, 15) is 18.4 Å². The van der Waals surface area contributed by atoms with Gasteiger partial charge in [-0.1, -0.05) is 36.4 Å². The molecule has 1 aliphatic rings. The maximum Gasteiger partial charge on any atom is 0.283 e. The molecule has 178 valence electrons. The molecule has 1 fully saturated rings. The number of halogens is 2. The number of nitrogens with zero attached hydrogens (tertiary/aromatic N) is 2. The second-order valence-corrected chi connectivity index (χ2v) is 7.91. The Morgan fingerprint density at radius 3 is 2.56 bits per heavy atom. The first kappa shape index (κ1) is 23.2. The first-order chi connectivity index (χ1) is 16.2. The number of carbonyl (C=O) groups is 2. The molecule has 2 heterocycles. The van der Waals surface area contributed by atoms with Crippen molar-refractivity contribution in [3.63, 3.8) is 0 Å². The lowest BCUT2D eigenvalue weighted by Gasteiger charge is -2.19. The lowest BCUT2D eigenvalue weighted by molar-refractivity contribution is -0.0188. The van der Waals surface area contributed by atoms with E-state index in [1.807, 2.05) is 0 Å². The molecular formula is C23H24F2N6O3. The molecule has 11 heteroatoms. The SMILES string of the molecule is COc1ccccc1C(=O)NCc1ccc(-c2nn([C@H]3CNCC3(F)F)c(N)c2C(N)=O)cc1. The summed E-state index contributed by atoms with van der Waals surface area (Å²) in [5.41, 5.74) is 13.2. The number of methoxy groups -OCH3 is 1. The number of aromatic nitrogens is 2. The van der Waals surface area contributed by atoms with E-state index in [1.54, 1.807) is 48.5 Å². The Morgan fingerprint density at radius 2 is 1.94 bits per heavy atom. The Hall–Kier alpha value is -3.99. The van der Waals surface area contributed by atoms with Crippen LogP contribution in [0.15, 0.2) is 48.5 Å². The van der Waals surface area contributed by atoms with Gasteiger partial charge in [0, 0.05) is 18.7 Å². The first-order valence-electron chi connectivity index (χ1n) is 10.5. The van der Waals surface area contributed by atoms with E-state index < -0.39 is 24.4 Å². The molecule has 6 N–H and O–H groups in total. The lowest BCUT2D eigenvalue weighted by Crippen LogP contribution is -2.31. The van der Waals surface area contributed by atoms with Crippen molar-refractivity contribution >= 4 is 17.6 Å². The number of primary amides is 1. The van der Waals surface area contributed by atoms with Crippen LogP contribution in [-0.2, 0) is 6.54 Å². The van der Waals surface area contributed by atoms with E-state index in [2.05, 4.69) is 15.7 Å². The third kappa shape index (κ3) is 4.29. The Kier molecular flexibility index (Phi) is 6.20. The standard InChI is InChI=1S/C23H24F2N6O3/c1-34-16-5-3-2-4-15(16)22(33)29-10-13-6-8-14(9-7-13)19-18(21(27)32)20(26)31(30-19)17-11-28-12-23(17,24)25/h2-9,17,28H,10-12,26H2,1H3,(H2,27,32)(H,29,33)/t17-/m0/s1. The van der Waals surface area contributed by atoms with Gasteiger partial charge in [0.15, 0.2) is 0 Å². The molecule has 2 amide bonds. The van der Waals surface area contributed by atoms with Crippen molar-refractivity contribution in [2.45, 2.75) is 18.5 Å². The van der Waals surface area contributed by atoms with Crippen LogP contribution in [0.5, 0.6) is 5.75 Å². The number of alkyl halides is 2. The number of para-hydroxylation sites is 1. The highest BCUT2D eigenvalue weighted by Gasteiger charge is 2.47. The van der Waals surface area contributed by atoms with Gasteiger partial charge in [0.05, 0.1) is 19.2 Å². The first-order valence-corrected chi connectivity index (χ1v) is 10.5. The number of rotatable bonds is 7. The van der Waals surface area contributed by atoms with Gasteiger partial charge in [-0.05, 0) is 17.7 Å². The summed E-state index contributed by atoms with van der Waals surface area (Å²) in [4.78, 5) is 24.6. The van der Waals surface area contributed by atoms with Crippen LogP contribution in [0, 0.1) is 0 Å². The van der Waals surface area contributed by atoms with Crippen molar-refractivity contribution in [1.29, 1.82) is 0 Å². The van der Waals surface area contributed by atoms with Gasteiger partial charge < -0.3 is 26.8 Å². The van der Waals surface area contributed by atoms with Crippen molar-refractivity contribution < 1.29 is 23.1 Å². The average molecular weight is 470 g/mol. The number of anilines is 1. The summed E-state index contributed by atoms with van der Waals surface area (Å²) in [7, 11) is 1.49. The fourth-order valence-electron chi connectivity index (χ4n) is 3.93. The Morgan fingerprint density at radius 1 is 1.24 bits per heavy atom. The van der Waals surface area contributed by atoms with Crippen molar-refractivity contribution in [3.8, 4) is 17.0 Å². The zero-order chi connectivity index (χ0) is 24.5. The molecule has 4 rings (SSSR count). The minimum Gasteiger partial charge on any atom is -0.496 e. The number of carbonyl (C=O) groups excluding carboxylic acids is 2. The second kappa shape index (κ2) is 9.10. The summed E-state index contributed by atoms with van der Waals surface area (Å²) in [6.45, 7) is -0.314. The maximum atomic E-state index is 14.3. The molecular weight excluding hydrogens is 446 g/mol. The van der Waals surface area contributed by atoms with Gasteiger partial charge in [-0.25, -0.2) is 13.5 Å². The lowest BCUT2D eigenvalue weighted by atomic mass is 10.0. The number of amides is 2. The fourth-order valence-corrected chi connectivity index (χ4v) is 3.93. The molecule has 2 aromatic carbocycles. The van der Waals surface area contributed by atoms with Gasteiger partial charge in [-0.15, -0.1) is 0 Å². The predicted octanol–water partition coefficient (Wildman–Crippen LogP) is 1.95. The molecule has 9 nitrogen and oxygen atoms in total. The zero-order valence-electron chi connectivity index (χ0n) is 18.3. The summed E-state index contributed by atoms with van der Waals surface area (Å²) < 4.78 is 34.7. The predicted molar refractivity (Wildman–Crippen MR) is 122 cm³/mol. The normalized spacial score (nSPS) is 16.9. The minimum atomic E-state index is -3.07. The van der Waals surface area contributed by atoms with E-state index in [0.717, 1.165) is 10.2 Å².